The van der Waals surface area contributed by atoms with E-state index in [0.717, 1.165) is 0 Å². The van der Waals surface area contributed by atoms with E-state index in [-0.39, 0.29) is 5.56 Å². The smallest absolute Gasteiger partial charge is 0.226 e. The molecule has 0 fully saturated rings. The molecule has 1 rings (SSSR count). The summed E-state index contributed by atoms with van der Waals surface area (Å²) in [6.07, 6.45) is -0.924. The first-order valence-corrected chi connectivity index (χ1v) is 9.03. The maximum Gasteiger partial charge on any atom is 0.226 e. The van der Waals surface area contributed by atoms with Crippen molar-refractivity contribution < 1.29 is 5.11 Å². The molecule has 0 amide bonds. The highest BCUT2D eigenvalue weighted by Gasteiger charge is 2.68. The van der Waals surface area contributed by atoms with Crippen LogP contribution in [0.5, 0.6) is 0 Å². The lowest BCUT2D eigenvalue weighted by molar-refractivity contribution is 0.106. The zero-order valence-electron chi connectivity index (χ0n) is 10.7. The first kappa shape index (κ1) is 21.8. The lowest BCUT2D eigenvalue weighted by atomic mass is 10.0. The molecule has 0 heterocycles. The molecule has 0 aliphatic rings. The molecule has 0 N–H and O–H groups in total. The van der Waals surface area contributed by atoms with Crippen molar-refractivity contribution in [1.29, 1.82) is 0 Å². The largest absolute Gasteiger partial charge is 0.228 e. The van der Waals surface area contributed by atoms with Gasteiger partial charge in [0, 0.05) is 0 Å². The Morgan fingerprint density at radius 3 is 1.50 bits per heavy atom. The fraction of sp³-hybridized carbons (Fsp3) is 0.500. The van der Waals surface area contributed by atoms with E-state index in [1.807, 2.05) is 0 Å². The number of alkyl halides is 9. The van der Waals surface area contributed by atoms with Gasteiger partial charge in [-0.1, -0.05) is 129 Å². The SMILES string of the molecule is CC([O])c1ccc(C(Cl)(Cl)C(Cl)(Cl)C(Cl)(Cl)C(Cl)(Cl)Cl)cc1. The van der Waals surface area contributed by atoms with Gasteiger partial charge in [-0.25, -0.2) is 5.11 Å². The summed E-state index contributed by atoms with van der Waals surface area (Å²) < 4.78 is -8.96. The van der Waals surface area contributed by atoms with Gasteiger partial charge in [0.15, 0.2) is 8.67 Å². The highest BCUT2D eigenvalue weighted by molar-refractivity contribution is 6.80. The average molecular weight is 487 g/mol. The maximum absolute atomic E-state index is 11.4. The summed E-state index contributed by atoms with van der Waals surface area (Å²) in [5.41, 5.74) is 0.747. The molecule has 0 saturated carbocycles. The quantitative estimate of drug-likeness (QED) is 0.392. The summed E-state index contributed by atoms with van der Waals surface area (Å²) in [6, 6.07) is 5.97. The van der Waals surface area contributed by atoms with Crippen LogP contribution in [0.4, 0.5) is 0 Å². The van der Waals surface area contributed by atoms with Crippen LogP contribution >= 0.6 is 104 Å². The van der Waals surface area contributed by atoms with Crippen molar-refractivity contribution in [2.24, 2.45) is 0 Å². The van der Waals surface area contributed by atoms with Crippen molar-refractivity contribution in [2.45, 2.75) is 29.8 Å². The van der Waals surface area contributed by atoms with Crippen LogP contribution in [-0.4, -0.2) is 12.5 Å². The zero-order valence-corrected chi connectivity index (χ0v) is 17.5. The van der Waals surface area contributed by atoms with Gasteiger partial charge in [0.05, 0.1) is 0 Å². The number of hydrogen-bond donors (Lipinski definition) is 0. The molecule has 22 heavy (non-hydrogen) atoms. The molecule has 1 aromatic carbocycles. The zero-order chi connectivity index (χ0) is 17.6. The first-order valence-electron chi connectivity index (χ1n) is 5.62. The van der Waals surface area contributed by atoms with E-state index in [1.54, 1.807) is 0 Å². The van der Waals surface area contributed by atoms with E-state index in [0.29, 0.717) is 5.56 Å². The second-order valence-corrected chi connectivity index (χ2v) is 10.7. The van der Waals surface area contributed by atoms with Crippen molar-refractivity contribution in [2.75, 3.05) is 0 Å². The van der Waals surface area contributed by atoms with Gasteiger partial charge in [0.25, 0.3) is 0 Å². The van der Waals surface area contributed by atoms with Gasteiger partial charge in [-0.2, -0.15) is 0 Å². The molecule has 0 bridgehead atoms. The molecule has 0 spiro atoms. The molecule has 1 atom stereocenters. The van der Waals surface area contributed by atoms with Crippen LogP contribution in [0, 0.1) is 0 Å². The van der Waals surface area contributed by atoms with E-state index in [2.05, 4.69) is 0 Å². The summed E-state index contributed by atoms with van der Waals surface area (Å²) in [5, 5.41) is 11.4. The molecular formula is C12H8Cl9O. The number of rotatable bonds is 4. The highest BCUT2D eigenvalue weighted by atomic mass is 35.6. The Labute approximate surface area is 173 Å². The lowest BCUT2D eigenvalue weighted by Crippen LogP contribution is -2.54. The molecule has 0 aliphatic carbocycles. The second kappa shape index (κ2) is 7.19. The standard InChI is InChI=1S/C12H8Cl9O/c1-6(22)7-2-4-8(5-3-7)9(13,14)10(15,16)11(17,18)12(19,20)21/h2-6H,1H3. The van der Waals surface area contributed by atoms with Crippen molar-refractivity contribution in [3.63, 3.8) is 0 Å². The summed E-state index contributed by atoms with van der Waals surface area (Å²) >= 11 is 54.0. The number of hydrogen-bond acceptors (Lipinski definition) is 0. The van der Waals surface area contributed by atoms with Gasteiger partial charge in [-0.15, -0.1) is 0 Å². The van der Waals surface area contributed by atoms with Crippen molar-refractivity contribution in [1.82, 2.24) is 0 Å². The van der Waals surface area contributed by atoms with Gasteiger partial charge in [0.1, 0.15) is 6.10 Å². The Morgan fingerprint density at radius 2 is 1.18 bits per heavy atom. The molecule has 1 nitrogen and oxygen atoms in total. The Bertz CT molecular complexity index is 516. The number of benzene rings is 1. The van der Waals surface area contributed by atoms with Gasteiger partial charge in [-0.3, -0.25) is 0 Å². The third kappa shape index (κ3) is 3.96. The van der Waals surface area contributed by atoms with Gasteiger partial charge < -0.3 is 0 Å². The third-order valence-corrected chi connectivity index (χ3v) is 8.36. The lowest BCUT2D eigenvalue weighted by Gasteiger charge is -2.44. The molecule has 125 valence electrons. The van der Waals surface area contributed by atoms with Crippen LogP contribution in [0.25, 0.3) is 0 Å². The molecular weight excluding hydrogens is 479 g/mol. The van der Waals surface area contributed by atoms with Crippen LogP contribution in [-0.2, 0) is 9.44 Å². The fourth-order valence-corrected chi connectivity index (χ4v) is 3.75. The van der Waals surface area contributed by atoms with Gasteiger partial charge in [-0.05, 0) is 18.1 Å². The normalized spacial score (nSPS) is 15.8. The van der Waals surface area contributed by atoms with E-state index < -0.39 is 22.9 Å². The van der Waals surface area contributed by atoms with Crippen molar-refractivity contribution in [3.8, 4) is 0 Å². The Hall–Kier alpha value is 1.79. The first-order chi connectivity index (χ1) is 9.66. The monoisotopic (exact) mass is 483 g/mol. The fourth-order valence-electron chi connectivity index (χ4n) is 1.52. The molecule has 10 heteroatoms. The topological polar surface area (TPSA) is 19.9 Å². The second-order valence-electron chi connectivity index (χ2n) is 4.49. The minimum absolute atomic E-state index is 0.227. The molecule has 1 radical (unpaired) electrons. The predicted octanol–water partition coefficient (Wildman–Crippen LogP) is 7.53. The van der Waals surface area contributed by atoms with E-state index in [1.165, 1.54) is 31.2 Å². The molecule has 0 aromatic heterocycles. The van der Waals surface area contributed by atoms with E-state index in [4.69, 9.17) is 104 Å². The summed E-state index contributed by atoms with van der Waals surface area (Å²) in [6.45, 7) is 1.49. The van der Waals surface area contributed by atoms with E-state index in [9.17, 15) is 5.11 Å². The van der Waals surface area contributed by atoms with E-state index >= 15 is 0 Å². The van der Waals surface area contributed by atoms with Crippen molar-refractivity contribution in [3.05, 3.63) is 35.4 Å². The Balaban J connectivity index is 3.32. The Kier molecular flexibility index (Phi) is 7.14. The summed E-state index contributed by atoms with van der Waals surface area (Å²) in [5.74, 6) is 0. The highest BCUT2D eigenvalue weighted by Crippen LogP contribution is 2.65. The Morgan fingerprint density at radius 1 is 0.773 bits per heavy atom. The van der Waals surface area contributed by atoms with Gasteiger partial charge >= 0.3 is 0 Å². The summed E-state index contributed by atoms with van der Waals surface area (Å²) in [7, 11) is 0. The maximum atomic E-state index is 11.4. The summed E-state index contributed by atoms with van der Waals surface area (Å²) in [4.78, 5) is 0. The molecule has 0 saturated heterocycles. The van der Waals surface area contributed by atoms with Crippen LogP contribution < -0.4 is 0 Å². The molecule has 1 unspecified atom stereocenters. The molecule has 0 aliphatic heterocycles. The minimum Gasteiger partial charge on any atom is -0.228 e. The van der Waals surface area contributed by atoms with Crippen LogP contribution in [0.2, 0.25) is 0 Å². The van der Waals surface area contributed by atoms with Gasteiger partial charge in [0.2, 0.25) is 8.13 Å². The average Bonchev–Trinajstić information content (AvgIpc) is 2.37. The van der Waals surface area contributed by atoms with Crippen LogP contribution in [0.3, 0.4) is 0 Å². The van der Waals surface area contributed by atoms with Crippen LogP contribution in [0.1, 0.15) is 24.2 Å². The van der Waals surface area contributed by atoms with Crippen LogP contribution in [0.15, 0.2) is 24.3 Å². The predicted molar refractivity (Wildman–Crippen MR) is 98.1 cm³/mol. The third-order valence-electron chi connectivity index (χ3n) is 2.89. The minimum atomic E-state index is -2.35. The molecule has 1 aromatic rings. The number of halogens is 9. The van der Waals surface area contributed by atoms with Crippen molar-refractivity contribution >= 4 is 104 Å².